The van der Waals surface area contributed by atoms with Crippen LogP contribution in [0.2, 0.25) is 0 Å². The third kappa shape index (κ3) is 2.29. The Balaban J connectivity index is 0.000000932. The fourth-order valence-corrected chi connectivity index (χ4v) is 4.12. The molecule has 0 spiro atoms. The number of hydrogen-bond acceptors (Lipinski definition) is 4. The Bertz CT molecular complexity index is 1390. The summed E-state index contributed by atoms with van der Waals surface area (Å²) in [5.41, 5.74) is -0.340. The van der Waals surface area contributed by atoms with Gasteiger partial charge in [-0.25, -0.2) is 9.59 Å². The first kappa shape index (κ1) is 17.7. The lowest BCUT2D eigenvalue weighted by Crippen LogP contribution is -2.09. The molecule has 0 aromatic heterocycles. The van der Waals surface area contributed by atoms with E-state index in [1.165, 1.54) is 6.07 Å². The number of carboxylic acids is 2. The van der Waals surface area contributed by atoms with Crippen molar-refractivity contribution in [3.8, 4) is 0 Å². The van der Waals surface area contributed by atoms with E-state index < -0.39 is 11.9 Å². The summed E-state index contributed by atoms with van der Waals surface area (Å²) in [5, 5.41) is 26.2. The Hall–Kier alpha value is -3.74. The van der Waals surface area contributed by atoms with Crippen molar-refractivity contribution in [2.75, 3.05) is 0 Å². The van der Waals surface area contributed by atoms with Crippen LogP contribution in [0.5, 0.6) is 0 Å². The predicted molar refractivity (Wildman–Crippen MR) is 110 cm³/mol. The first-order valence-electron chi connectivity index (χ1n) is 8.50. The first-order valence-corrected chi connectivity index (χ1v) is 8.50. The summed E-state index contributed by atoms with van der Waals surface area (Å²) in [6, 6.07) is 18.8. The number of carbonyl (C=O) groups is 2. The van der Waals surface area contributed by atoms with Crippen molar-refractivity contribution >= 4 is 55.0 Å². The van der Waals surface area contributed by atoms with Crippen LogP contribution in [-0.2, 0) is 0 Å². The highest BCUT2D eigenvalue weighted by Gasteiger charge is 2.24. The van der Waals surface area contributed by atoms with Gasteiger partial charge in [0.15, 0.2) is 0 Å². The average Bonchev–Trinajstić information content (AvgIpc) is 2.72. The van der Waals surface area contributed by atoms with Crippen molar-refractivity contribution in [3.05, 3.63) is 71.8 Å². The van der Waals surface area contributed by atoms with E-state index in [9.17, 15) is 19.8 Å². The number of hydrogen-bond donors (Lipinski definition) is 4. The molecule has 5 aromatic rings. The molecule has 0 aliphatic rings. The number of aromatic carboxylic acids is 2. The summed E-state index contributed by atoms with van der Waals surface area (Å²) >= 11 is 0. The Labute approximate surface area is 158 Å². The van der Waals surface area contributed by atoms with Crippen molar-refractivity contribution in [1.82, 2.24) is 0 Å². The van der Waals surface area contributed by atoms with Crippen LogP contribution < -0.4 is 11.7 Å². The molecule has 0 atom stereocenters. The van der Waals surface area contributed by atoms with E-state index >= 15 is 0 Å². The van der Waals surface area contributed by atoms with Crippen molar-refractivity contribution in [3.63, 3.8) is 0 Å². The average molecular weight is 372 g/mol. The molecule has 28 heavy (non-hydrogen) atoms. The number of benzene rings is 5. The normalized spacial score (nSPS) is 11.1. The van der Waals surface area contributed by atoms with Gasteiger partial charge < -0.3 is 10.2 Å². The molecule has 6 nitrogen and oxygen atoms in total. The SMILES string of the molecule is NN.O=C(O)c1cc2cccc3c4cccc5cccc(c(c1C(=O)O)c23)c54. The van der Waals surface area contributed by atoms with Gasteiger partial charge in [0.2, 0.25) is 0 Å². The number of carboxylic acid groups (broad SMARTS) is 2. The highest BCUT2D eigenvalue weighted by Crippen LogP contribution is 2.42. The summed E-state index contributed by atoms with van der Waals surface area (Å²) in [7, 11) is 0. The summed E-state index contributed by atoms with van der Waals surface area (Å²) in [5.74, 6) is 5.53. The molecule has 138 valence electrons. The zero-order valence-electron chi connectivity index (χ0n) is 14.6. The van der Waals surface area contributed by atoms with Crippen molar-refractivity contribution < 1.29 is 19.8 Å². The van der Waals surface area contributed by atoms with E-state index in [4.69, 9.17) is 0 Å². The van der Waals surface area contributed by atoms with Crippen LogP contribution in [0.15, 0.2) is 60.7 Å². The molecule has 0 aliphatic carbocycles. The number of rotatable bonds is 2. The smallest absolute Gasteiger partial charge is 0.337 e. The second-order valence-corrected chi connectivity index (χ2v) is 6.40. The van der Waals surface area contributed by atoms with Crippen LogP contribution >= 0.6 is 0 Å². The molecule has 0 saturated heterocycles. The molecule has 0 radical (unpaired) electrons. The molecule has 0 amide bonds. The summed E-state index contributed by atoms with van der Waals surface area (Å²) < 4.78 is 0. The van der Waals surface area contributed by atoms with Crippen LogP contribution in [0.3, 0.4) is 0 Å². The summed E-state index contributed by atoms with van der Waals surface area (Å²) in [6.07, 6.45) is 0. The molecular weight excluding hydrogens is 356 g/mol. The number of fused-ring (bicyclic) bond motifs is 2. The topological polar surface area (TPSA) is 127 Å². The minimum Gasteiger partial charge on any atom is -0.478 e. The van der Waals surface area contributed by atoms with E-state index in [-0.39, 0.29) is 11.1 Å². The van der Waals surface area contributed by atoms with Crippen LogP contribution in [0.25, 0.3) is 43.1 Å². The summed E-state index contributed by atoms with van der Waals surface area (Å²) in [4.78, 5) is 23.8. The Morgan fingerprint density at radius 3 is 1.75 bits per heavy atom. The van der Waals surface area contributed by atoms with Gasteiger partial charge >= 0.3 is 11.9 Å². The fourth-order valence-electron chi connectivity index (χ4n) is 4.12. The third-order valence-electron chi connectivity index (χ3n) is 5.07. The molecule has 0 heterocycles. The van der Waals surface area contributed by atoms with Crippen LogP contribution in [0.1, 0.15) is 20.7 Å². The van der Waals surface area contributed by atoms with E-state index in [0.29, 0.717) is 5.39 Å². The van der Waals surface area contributed by atoms with Gasteiger partial charge in [0.25, 0.3) is 0 Å². The molecule has 0 fully saturated rings. The van der Waals surface area contributed by atoms with Crippen molar-refractivity contribution in [2.45, 2.75) is 0 Å². The van der Waals surface area contributed by atoms with Crippen LogP contribution in [-0.4, -0.2) is 22.2 Å². The number of nitrogens with two attached hydrogens (primary N) is 2. The number of hydrazine groups is 1. The molecule has 6 N–H and O–H groups in total. The Morgan fingerprint density at radius 1 is 0.643 bits per heavy atom. The van der Waals surface area contributed by atoms with Gasteiger partial charge in [-0.15, -0.1) is 0 Å². The Kier molecular flexibility index (Phi) is 4.07. The van der Waals surface area contributed by atoms with E-state index in [0.717, 1.165) is 37.7 Å². The molecule has 5 aromatic carbocycles. The molecule has 0 unspecified atom stereocenters. The minimum absolute atomic E-state index is 0.153. The minimum atomic E-state index is -1.24. The predicted octanol–water partition coefficient (Wildman–Crippen LogP) is 3.95. The van der Waals surface area contributed by atoms with Gasteiger partial charge in [-0.3, -0.25) is 11.7 Å². The molecule has 0 bridgehead atoms. The van der Waals surface area contributed by atoms with Gasteiger partial charge in [-0.2, -0.15) is 0 Å². The first-order chi connectivity index (χ1) is 13.6. The quantitative estimate of drug-likeness (QED) is 0.161. The van der Waals surface area contributed by atoms with Gasteiger partial charge in [0.05, 0.1) is 11.1 Å². The third-order valence-corrected chi connectivity index (χ3v) is 5.07. The second-order valence-electron chi connectivity index (χ2n) is 6.40. The molecule has 5 rings (SSSR count). The van der Waals surface area contributed by atoms with Gasteiger partial charge in [0, 0.05) is 5.39 Å². The highest BCUT2D eigenvalue weighted by atomic mass is 16.4. The maximum absolute atomic E-state index is 12.1. The lowest BCUT2D eigenvalue weighted by atomic mass is 9.86. The van der Waals surface area contributed by atoms with Gasteiger partial charge in [0.1, 0.15) is 0 Å². The van der Waals surface area contributed by atoms with Crippen molar-refractivity contribution in [2.24, 2.45) is 11.7 Å². The highest BCUT2D eigenvalue weighted by molar-refractivity contribution is 6.36. The molecule has 0 aliphatic heterocycles. The lowest BCUT2D eigenvalue weighted by molar-refractivity contribution is 0.0653. The Morgan fingerprint density at radius 2 is 1.18 bits per heavy atom. The maximum atomic E-state index is 12.1. The standard InChI is InChI=1S/C22H12O4.H4N2/c23-21(24)16-10-12-6-3-8-14-13-7-1-4-11-5-2-9-15(17(11)13)19(18(12)14)20(16)22(25)26;1-2/h1-10H,(H,23,24)(H,25,26);1-2H2. The zero-order chi connectivity index (χ0) is 20.0. The van der Waals surface area contributed by atoms with Crippen LogP contribution in [0.4, 0.5) is 0 Å². The molecular formula is C22H16N2O4. The largest absolute Gasteiger partial charge is 0.478 e. The van der Waals surface area contributed by atoms with E-state index in [1.807, 2.05) is 54.6 Å². The molecule has 6 heteroatoms. The van der Waals surface area contributed by atoms with Crippen molar-refractivity contribution in [1.29, 1.82) is 0 Å². The van der Waals surface area contributed by atoms with Crippen LogP contribution in [0, 0.1) is 0 Å². The lowest BCUT2D eigenvalue weighted by Gasteiger charge is -2.17. The monoisotopic (exact) mass is 372 g/mol. The van der Waals surface area contributed by atoms with Gasteiger partial charge in [-0.05, 0) is 43.8 Å². The van der Waals surface area contributed by atoms with E-state index in [1.54, 1.807) is 0 Å². The fraction of sp³-hybridized carbons (Fsp3) is 0. The van der Waals surface area contributed by atoms with E-state index in [2.05, 4.69) is 11.7 Å². The maximum Gasteiger partial charge on any atom is 0.337 e. The zero-order valence-corrected chi connectivity index (χ0v) is 14.6. The molecule has 0 saturated carbocycles. The van der Waals surface area contributed by atoms with Gasteiger partial charge in [-0.1, -0.05) is 54.6 Å². The summed E-state index contributed by atoms with van der Waals surface area (Å²) in [6.45, 7) is 0. The second kappa shape index (κ2) is 6.45.